The lowest BCUT2D eigenvalue weighted by atomic mass is 10.1. The van der Waals surface area contributed by atoms with Crippen LogP contribution in [0.2, 0.25) is 10.6 Å². The van der Waals surface area contributed by atoms with Crippen molar-refractivity contribution < 1.29 is 14.1 Å². The Balaban J connectivity index is 0.000000165. The lowest BCUT2D eigenvalue weighted by Crippen LogP contribution is -2.41. The lowest BCUT2D eigenvalue weighted by Gasteiger charge is -2.32. The zero-order valence-electron chi connectivity index (χ0n) is 23.2. The highest BCUT2D eigenvalue weighted by atomic mass is 35.5. The quantitative estimate of drug-likeness (QED) is 0.334. The Morgan fingerprint density at radius 3 is 1.90 bits per heavy atom. The van der Waals surface area contributed by atoms with Crippen molar-refractivity contribution in [1.29, 1.82) is 0 Å². The molecule has 3 N–H and O–H groups in total. The zero-order chi connectivity index (χ0) is 29.1. The van der Waals surface area contributed by atoms with E-state index < -0.39 is 11.2 Å². The number of piperidine rings is 2. The van der Waals surface area contributed by atoms with Gasteiger partial charge in [-0.25, -0.2) is 9.97 Å². The number of nitrogens with zero attached hydrogens (tertiary/aromatic N) is 6. The number of aryl methyl sites for hydroxylation is 2. The molecule has 4 aliphatic rings. The molecule has 1 unspecified atom stereocenters. The fraction of sp³-hybridized carbons (Fsp3) is 0.615. The molecule has 2 fully saturated rings. The van der Waals surface area contributed by atoms with Crippen molar-refractivity contribution >= 4 is 69.6 Å². The third kappa shape index (κ3) is 7.48. The third-order valence-corrected chi connectivity index (χ3v) is 10.7. The van der Waals surface area contributed by atoms with Crippen molar-refractivity contribution in [3.63, 3.8) is 0 Å². The molecular weight excluding hydrogens is 607 g/mol. The normalized spacial score (nSPS) is 20.7. The van der Waals surface area contributed by atoms with Crippen molar-refractivity contribution in [2.75, 3.05) is 48.3 Å². The minimum atomic E-state index is -0.797. The molecule has 15 heteroatoms. The lowest BCUT2D eigenvalue weighted by molar-refractivity contribution is -0.130. The fourth-order valence-corrected chi connectivity index (χ4v) is 8.24. The van der Waals surface area contributed by atoms with Gasteiger partial charge in [0.25, 0.3) is 4.90 Å². The summed E-state index contributed by atoms with van der Waals surface area (Å²) in [5, 5.41) is 7.41. The molecule has 0 radical (unpaired) electrons. The number of thioether (sulfide) groups is 1. The van der Waals surface area contributed by atoms with Crippen molar-refractivity contribution in [3.05, 3.63) is 22.0 Å². The topological polar surface area (TPSA) is 136 Å². The van der Waals surface area contributed by atoms with Gasteiger partial charge in [0.1, 0.15) is 11.5 Å². The molecule has 2 aromatic rings. The molecule has 0 aromatic carbocycles. The second-order valence-electron chi connectivity index (χ2n) is 10.5. The molecule has 2 saturated heterocycles. The summed E-state index contributed by atoms with van der Waals surface area (Å²) in [5.41, 5.74) is 1.91. The van der Waals surface area contributed by atoms with Gasteiger partial charge in [-0.15, -0.1) is 11.8 Å². The van der Waals surface area contributed by atoms with E-state index in [0.717, 1.165) is 97.5 Å². The molecule has 0 saturated carbocycles. The minimum Gasteiger partial charge on any atom is -0.366 e. The molecule has 6 rings (SSSR count). The first kappa shape index (κ1) is 30.4. The van der Waals surface area contributed by atoms with E-state index in [2.05, 4.69) is 30.6 Å². The van der Waals surface area contributed by atoms with Gasteiger partial charge in [0.15, 0.2) is 22.7 Å². The van der Waals surface area contributed by atoms with Gasteiger partial charge in [0.05, 0.1) is 10.6 Å². The second-order valence-corrected chi connectivity index (χ2v) is 13.8. The summed E-state index contributed by atoms with van der Waals surface area (Å²) in [6.07, 6.45) is 5.33. The number of carbonyl (C=O) groups is 2. The number of hydrogen-bond acceptors (Lipinski definition) is 10. The first-order valence-electron chi connectivity index (χ1n) is 13.9. The number of hydrogen-bond donors (Lipinski definition) is 3. The molecule has 11 nitrogen and oxygen atoms in total. The molecule has 4 aliphatic heterocycles. The van der Waals surface area contributed by atoms with Crippen LogP contribution in [-0.2, 0) is 33.6 Å². The predicted octanol–water partition coefficient (Wildman–Crippen LogP) is 3.76. The van der Waals surface area contributed by atoms with Gasteiger partial charge in [0, 0.05) is 70.7 Å². The van der Waals surface area contributed by atoms with Crippen LogP contribution in [0.1, 0.15) is 50.9 Å². The van der Waals surface area contributed by atoms with Crippen LogP contribution < -0.4 is 10.6 Å². The SMILES string of the molecule is CC(=O)N1CCC(Nc2nc(Cl)nc3c2SCC3)CC1.CC(=O)N1CCC(Nc2nc(Cl)nc3c2[S+](O)CC3)CC1. The van der Waals surface area contributed by atoms with Crippen molar-refractivity contribution in [1.82, 2.24) is 29.7 Å². The van der Waals surface area contributed by atoms with Gasteiger partial charge in [-0.1, -0.05) is 0 Å². The van der Waals surface area contributed by atoms with Gasteiger partial charge in [0.2, 0.25) is 22.4 Å². The molecule has 0 aliphatic carbocycles. The summed E-state index contributed by atoms with van der Waals surface area (Å²) in [4.78, 5) is 45.4. The number of nitrogens with one attached hydrogen (secondary N) is 2. The summed E-state index contributed by atoms with van der Waals surface area (Å²) < 4.78 is 10.1. The number of fused-ring (bicyclic) bond motifs is 2. The maximum atomic E-state index is 11.3. The van der Waals surface area contributed by atoms with E-state index in [1.165, 1.54) is 0 Å². The molecule has 1 atom stereocenters. The molecule has 6 heterocycles. The summed E-state index contributed by atoms with van der Waals surface area (Å²) in [6, 6.07) is 0.593. The van der Waals surface area contributed by atoms with Crippen molar-refractivity contribution in [3.8, 4) is 0 Å². The Morgan fingerprint density at radius 2 is 1.34 bits per heavy atom. The van der Waals surface area contributed by atoms with E-state index >= 15 is 0 Å². The zero-order valence-corrected chi connectivity index (χ0v) is 26.3. The van der Waals surface area contributed by atoms with E-state index in [1.54, 1.807) is 25.6 Å². The van der Waals surface area contributed by atoms with E-state index in [1.807, 2.05) is 9.80 Å². The highest BCUT2D eigenvalue weighted by Crippen LogP contribution is 2.37. The van der Waals surface area contributed by atoms with Crippen LogP contribution in [0.4, 0.5) is 11.6 Å². The average Bonchev–Trinajstić information content (AvgIpc) is 3.56. The van der Waals surface area contributed by atoms with Crippen LogP contribution in [0.15, 0.2) is 9.79 Å². The molecule has 2 aromatic heterocycles. The Bertz CT molecular complexity index is 1290. The van der Waals surface area contributed by atoms with Gasteiger partial charge < -0.3 is 20.4 Å². The first-order chi connectivity index (χ1) is 19.7. The fourth-order valence-electron chi connectivity index (χ4n) is 5.48. The van der Waals surface area contributed by atoms with E-state index in [9.17, 15) is 14.1 Å². The van der Waals surface area contributed by atoms with Gasteiger partial charge in [-0.3, -0.25) is 9.59 Å². The number of aromatic nitrogens is 4. The van der Waals surface area contributed by atoms with E-state index in [0.29, 0.717) is 22.9 Å². The Hall–Kier alpha value is -2.06. The van der Waals surface area contributed by atoms with E-state index in [-0.39, 0.29) is 23.1 Å². The van der Waals surface area contributed by atoms with Crippen LogP contribution in [0.5, 0.6) is 0 Å². The summed E-state index contributed by atoms with van der Waals surface area (Å²) >= 11 is 12.9. The Labute approximate surface area is 257 Å². The number of halogens is 2. The van der Waals surface area contributed by atoms with Crippen LogP contribution in [0.3, 0.4) is 0 Å². The molecule has 0 spiro atoms. The van der Waals surface area contributed by atoms with Gasteiger partial charge >= 0.3 is 0 Å². The standard InChI is InChI=1S/C13H18ClN4O2S.C13H17ClN4OS/c1-8(19)18-5-2-9(3-6-18)15-12-11-10(4-7-21(11)20)16-13(14)17-12;1-8(19)18-5-2-9(3-6-18)15-12-11-10(4-7-20-11)16-13(14)17-12/h9,20H,2-7H2,1H3,(H,15,16,17);9H,2-7H2,1H3,(H,15,16,17)/q+1;. The van der Waals surface area contributed by atoms with Gasteiger partial charge in [-0.2, -0.15) is 14.5 Å². The Morgan fingerprint density at radius 1 is 0.829 bits per heavy atom. The summed E-state index contributed by atoms with van der Waals surface area (Å²) in [7, 11) is 0. The molecule has 41 heavy (non-hydrogen) atoms. The monoisotopic (exact) mass is 641 g/mol. The van der Waals surface area contributed by atoms with E-state index in [4.69, 9.17) is 23.2 Å². The molecule has 222 valence electrons. The highest BCUT2D eigenvalue weighted by Gasteiger charge is 2.38. The maximum absolute atomic E-state index is 11.3. The smallest absolute Gasteiger partial charge is 0.253 e. The summed E-state index contributed by atoms with van der Waals surface area (Å²) in [5.74, 6) is 3.54. The number of rotatable bonds is 4. The van der Waals surface area contributed by atoms with Crippen LogP contribution in [0, 0.1) is 0 Å². The highest BCUT2D eigenvalue weighted by molar-refractivity contribution is 7.99. The first-order valence-corrected chi connectivity index (χ1v) is 17.0. The maximum Gasteiger partial charge on any atom is 0.253 e. The molecule has 0 bridgehead atoms. The Kier molecular flexibility index (Phi) is 10.0. The minimum absolute atomic E-state index is 0.122. The number of likely N-dealkylation sites (tertiary alicyclic amines) is 2. The number of carbonyl (C=O) groups excluding carboxylic acids is 2. The number of amides is 2. The number of anilines is 2. The summed E-state index contributed by atoms with van der Waals surface area (Å²) in [6.45, 7) is 6.34. The van der Waals surface area contributed by atoms with Gasteiger partial charge in [-0.05, 0) is 48.9 Å². The average molecular weight is 643 g/mol. The van der Waals surface area contributed by atoms with Crippen molar-refractivity contribution in [2.45, 2.75) is 74.2 Å². The van der Waals surface area contributed by atoms with Crippen LogP contribution >= 0.6 is 35.0 Å². The molecule has 2 amide bonds. The third-order valence-electron chi connectivity index (χ3n) is 7.73. The predicted molar refractivity (Wildman–Crippen MR) is 163 cm³/mol. The largest absolute Gasteiger partial charge is 0.366 e. The van der Waals surface area contributed by atoms with Crippen LogP contribution in [-0.4, -0.2) is 95.9 Å². The van der Waals surface area contributed by atoms with Crippen molar-refractivity contribution in [2.24, 2.45) is 0 Å². The molecular formula is C26H35Cl2N8O3S2+. The second kappa shape index (κ2) is 13.5. The van der Waals surface area contributed by atoms with Crippen LogP contribution in [0.25, 0.3) is 0 Å².